The van der Waals surface area contributed by atoms with Crippen molar-refractivity contribution in [1.82, 2.24) is 15.0 Å². The first-order valence-electron chi connectivity index (χ1n) is 9.64. The number of hydrogen-bond donors (Lipinski definition) is 2. The number of hydrogen-bond acceptors (Lipinski definition) is 7. The number of rotatable bonds is 6. The molecule has 2 aromatic heterocycles. The minimum Gasteiger partial charge on any atom is -0.390 e. The van der Waals surface area contributed by atoms with Crippen LogP contribution in [0.5, 0.6) is 0 Å². The maximum atomic E-state index is 12.0. The number of aromatic nitrogens is 3. The molecule has 7 nitrogen and oxygen atoms in total. The van der Waals surface area contributed by atoms with Gasteiger partial charge in [-0.25, -0.2) is 9.97 Å². The Morgan fingerprint density at radius 3 is 2.74 bits per heavy atom. The molecular formula is C20H25N5O2. The molecule has 7 heteroatoms. The first kappa shape index (κ1) is 17.9. The summed E-state index contributed by atoms with van der Waals surface area (Å²) in [6.07, 6.45) is 6.12. The minimum atomic E-state index is -0.225. The first-order chi connectivity index (χ1) is 13.1. The molecule has 1 saturated heterocycles. The Morgan fingerprint density at radius 2 is 2.04 bits per heavy atom. The molecule has 0 spiro atoms. The number of aliphatic hydroxyl groups is 1. The molecule has 142 valence electrons. The van der Waals surface area contributed by atoms with Gasteiger partial charge in [-0.05, 0) is 49.3 Å². The Labute approximate surface area is 158 Å². The molecule has 1 aliphatic carbocycles. The van der Waals surface area contributed by atoms with E-state index in [2.05, 4.69) is 25.2 Å². The monoisotopic (exact) mass is 367 g/mol. The second-order valence-electron chi connectivity index (χ2n) is 7.48. The van der Waals surface area contributed by atoms with E-state index in [-0.39, 0.29) is 12.4 Å². The lowest BCUT2D eigenvalue weighted by Gasteiger charge is -2.32. The van der Waals surface area contributed by atoms with Gasteiger partial charge in [-0.15, -0.1) is 0 Å². The summed E-state index contributed by atoms with van der Waals surface area (Å²) >= 11 is 0. The summed E-state index contributed by atoms with van der Waals surface area (Å²) in [5, 5.41) is 12.6. The fourth-order valence-corrected chi connectivity index (χ4v) is 4.17. The van der Waals surface area contributed by atoms with E-state index < -0.39 is 0 Å². The third-order valence-corrected chi connectivity index (χ3v) is 5.48. The second kappa shape index (κ2) is 7.60. The minimum absolute atomic E-state index is 0.0631. The molecule has 2 fully saturated rings. The third kappa shape index (κ3) is 3.93. The van der Waals surface area contributed by atoms with E-state index in [1.807, 2.05) is 6.07 Å². The van der Waals surface area contributed by atoms with Gasteiger partial charge in [0.2, 0.25) is 5.95 Å². The van der Waals surface area contributed by atoms with Gasteiger partial charge in [0, 0.05) is 31.4 Å². The van der Waals surface area contributed by atoms with Crippen molar-refractivity contribution in [1.29, 1.82) is 0 Å². The highest BCUT2D eigenvalue weighted by Gasteiger charge is 2.33. The zero-order valence-electron chi connectivity index (χ0n) is 15.6. The summed E-state index contributed by atoms with van der Waals surface area (Å²) in [5.41, 5.74) is 1.44. The van der Waals surface area contributed by atoms with Crippen LogP contribution >= 0.6 is 0 Å². The number of aliphatic hydroxyl groups excluding tert-OH is 1. The summed E-state index contributed by atoms with van der Waals surface area (Å²) in [6, 6.07) is 5.35. The number of anilines is 3. The van der Waals surface area contributed by atoms with E-state index in [0.717, 1.165) is 30.7 Å². The number of carbonyl (C=O) groups excluding carboxylic acids is 1. The summed E-state index contributed by atoms with van der Waals surface area (Å²) in [4.78, 5) is 27.5. The van der Waals surface area contributed by atoms with Gasteiger partial charge in [-0.3, -0.25) is 4.79 Å². The highest BCUT2D eigenvalue weighted by molar-refractivity contribution is 5.95. The van der Waals surface area contributed by atoms with Crippen molar-refractivity contribution in [2.24, 2.45) is 11.8 Å². The number of piperidine rings is 1. The summed E-state index contributed by atoms with van der Waals surface area (Å²) in [7, 11) is 0. The average molecular weight is 367 g/mol. The van der Waals surface area contributed by atoms with Crippen LogP contribution in [0.1, 0.15) is 48.8 Å². The lowest BCUT2D eigenvalue weighted by Crippen LogP contribution is -2.36. The summed E-state index contributed by atoms with van der Waals surface area (Å²) < 4.78 is 0. The molecule has 4 rings (SSSR count). The Balaban J connectivity index is 1.55. The van der Waals surface area contributed by atoms with Crippen LogP contribution in [0.4, 0.5) is 17.5 Å². The molecule has 27 heavy (non-hydrogen) atoms. The van der Waals surface area contributed by atoms with Crippen molar-refractivity contribution in [3.63, 3.8) is 0 Å². The van der Waals surface area contributed by atoms with Gasteiger partial charge in [-0.1, -0.05) is 6.92 Å². The molecule has 1 aliphatic heterocycles. The van der Waals surface area contributed by atoms with E-state index in [1.54, 1.807) is 25.3 Å². The molecule has 0 aromatic carbocycles. The third-order valence-electron chi connectivity index (χ3n) is 5.48. The molecule has 2 N–H and O–H groups in total. The van der Waals surface area contributed by atoms with Crippen LogP contribution in [0.25, 0.3) is 0 Å². The smallest absolute Gasteiger partial charge is 0.229 e. The maximum absolute atomic E-state index is 12.0. The highest BCUT2D eigenvalue weighted by Crippen LogP contribution is 2.37. The van der Waals surface area contributed by atoms with Gasteiger partial charge in [0.15, 0.2) is 5.78 Å². The number of Topliss-reactive ketones (excluding diaryl/α,β-unsaturated/α-hetero) is 1. The van der Waals surface area contributed by atoms with Crippen LogP contribution in [-0.4, -0.2) is 38.9 Å². The zero-order valence-corrected chi connectivity index (χ0v) is 15.6. The fraction of sp³-hybridized carbons (Fsp3) is 0.500. The summed E-state index contributed by atoms with van der Waals surface area (Å²) in [6.45, 7) is 3.69. The molecule has 0 unspecified atom stereocenters. The van der Waals surface area contributed by atoms with Gasteiger partial charge in [0.1, 0.15) is 11.5 Å². The van der Waals surface area contributed by atoms with Crippen molar-refractivity contribution in [3.05, 3.63) is 35.8 Å². The predicted molar refractivity (Wildman–Crippen MR) is 103 cm³/mol. The first-order valence-corrected chi connectivity index (χ1v) is 9.64. The Kier molecular flexibility index (Phi) is 5.03. The van der Waals surface area contributed by atoms with Gasteiger partial charge in [0.25, 0.3) is 0 Å². The lowest BCUT2D eigenvalue weighted by atomic mass is 9.99. The molecule has 3 heterocycles. The van der Waals surface area contributed by atoms with Crippen molar-refractivity contribution in [2.75, 3.05) is 23.3 Å². The van der Waals surface area contributed by atoms with Gasteiger partial charge >= 0.3 is 0 Å². The van der Waals surface area contributed by atoms with Gasteiger partial charge in [0.05, 0.1) is 12.3 Å². The molecule has 1 saturated carbocycles. The summed E-state index contributed by atoms with van der Waals surface area (Å²) in [5.74, 6) is 2.92. The number of ketones is 1. The van der Waals surface area contributed by atoms with Crippen LogP contribution in [0.2, 0.25) is 0 Å². The quantitative estimate of drug-likeness (QED) is 0.759. The average Bonchev–Trinajstić information content (AvgIpc) is 3.04. The molecule has 2 atom stereocenters. The molecule has 0 radical (unpaired) electrons. The number of nitrogens with zero attached hydrogens (tertiary/aromatic N) is 4. The van der Waals surface area contributed by atoms with Crippen molar-refractivity contribution < 1.29 is 9.90 Å². The number of carbonyl (C=O) groups is 1. The van der Waals surface area contributed by atoms with Crippen molar-refractivity contribution in [3.8, 4) is 0 Å². The standard InChI is InChI=1S/C20H25N5O2/c1-2-18(27)17-9-15(8-16(12-26)22-17)23-20-21-6-5-19(24-20)25-10-13-3-4-14(7-13)11-25/h5-6,8-9,13-14,26H,2-4,7,10-12H2,1H3,(H,21,22,23,24)/t13-,14+. The van der Waals surface area contributed by atoms with Crippen molar-refractivity contribution >= 4 is 23.2 Å². The molecule has 2 bridgehead atoms. The van der Waals surface area contributed by atoms with Gasteiger partial charge in [-0.2, -0.15) is 4.98 Å². The number of nitrogens with one attached hydrogen (secondary N) is 1. The van der Waals surface area contributed by atoms with Crippen LogP contribution in [0, 0.1) is 11.8 Å². The molecule has 0 amide bonds. The van der Waals surface area contributed by atoms with E-state index >= 15 is 0 Å². The topological polar surface area (TPSA) is 91.2 Å². The van der Waals surface area contributed by atoms with E-state index in [1.165, 1.54) is 19.3 Å². The lowest BCUT2D eigenvalue weighted by molar-refractivity contribution is 0.0983. The van der Waals surface area contributed by atoms with Crippen LogP contribution < -0.4 is 10.2 Å². The van der Waals surface area contributed by atoms with Crippen LogP contribution in [-0.2, 0) is 6.61 Å². The number of fused-ring (bicyclic) bond motifs is 2. The number of pyridine rings is 1. The van der Waals surface area contributed by atoms with Crippen LogP contribution in [0.3, 0.4) is 0 Å². The van der Waals surface area contributed by atoms with E-state index in [9.17, 15) is 9.90 Å². The maximum Gasteiger partial charge on any atom is 0.229 e. The SMILES string of the molecule is CCC(=O)c1cc(Nc2nccc(N3C[C@@H]4CC[C@@H](C4)C3)n2)cc(CO)n1. The second-order valence-corrected chi connectivity index (χ2v) is 7.48. The Morgan fingerprint density at radius 1 is 1.26 bits per heavy atom. The van der Waals surface area contributed by atoms with E-state index in [4.69, 9.17) is 0 Å². The highest BCUT2D eigenvalue weighted by atomic mass is 16.3. The van der Waals surface area contributed by atoms with Gasteiger partial charge < -0.3 is 15.3 Å². The molecule has 2 aromatic rings. The zero-order chi connectivity index (χ0) is 18.8. The largest absolute Gasteiger partial charge is 0.390 e. The Hall–Kier alpha value is -2.54. The molecular weight excluding hydrogens is 342 g/mol. The Bertz CT molecular complexity index is 829. The van der Waals surface area contributed by atoms with Crippen LogP contribution in [0.15, 0.2) is 24.4 Å². The molecule has 2 aliphatic rings. The fourth-order valence-electron chi connectivity index (χ4n) is 4.17. The van der Waals surface area contributed by atoms with E-state index in [0.29, 0.717) is 29.4 Å². The normalized spacial score (nSPS) is 21.3. The predicted octanol–water partition coefficient (Wildman–Crippen LogP) is 2.94. The van der Waals surface area contributed by atoms with Crippen molar-refractivity contribution in [2.45, 2.75) is 39.2 Å².